The summed E-state index contributed by atoms with van der Waals surface area (Å²) in [6.07, 6.45) is -2.91. The van der Waals surface area contributed by atoms with Crippen LogP contribution < -0.4 is 10.5 Å². The molecule has 0 aliphatic carbocycles. The largest absolute Gasteiger partial charge is 0.417 e. The molecule has 1 aromatic heterocycles. The summed E-state index contributed by atoms with van der Waals surface area (Å²) in [7, 11) is 0. The van der Waals surface area contributed by atoms with Gasteiger partial charge in [0.1, 0.15) is 0 Å². The molecular formula is C15H11F3N4O. The van der Waals surface area contributed by atoms with Crippen molar-refractivity contribution < 1.29 is 13.2 Å². The Morgan fingerprint density at radius 2 is 2.13 bits per heavy atom. The number of alkyl halides is 3. The molecule has 5 nitrogen and oxygen atoms in total. The molecule has 0 radical (unpaired) electrons. The van der Waals surface area contributed by atoms with E-state index in [1.165, 1.54) is 18.5 Å². The van der Waals surface area contributed by atoms with E-state index in [0.717, 1.165) is 6.07 Å². The van der Waals surface area contributed by atoms with E-state index < -0.39 is 17.3 Å². The van der Waals surface area contributed by atoms with Gasteiger partial charge >= 0.3 is 6.18 Å². The fourth-order valence-electron chi connectivity index (χ4n) is 2.65. The maximum atomic E-state index is 13.0. The molecule has 23 heavy (non-hydrogen) atoms. The molecule has 0 fully saturated rings. The number of nitriles is 1. The molecule has 0 atom stereocenters. The smallest absolute Gasteiger partial charge is 0.365 e. The maximum absolute atomic E-state index is 13.0. The molecule has 1 N–H and O–H groups in total. The number of benzene rings is 1. The summed E-state index contributed by atoms with van der Waals surface area (Å²) in [5, 5.41) is 8.83. The van der Waals surface area contributed by atoms with Gasteiger partial charge in [-0.15, -0.1) is 0 Å². The van der Waals surface area contributed by atoms with Crippen LogP contribution in [0.3, 0.4) is 0 Å². The average molecular weight is 320 g/mol. The summed E-state index contributed by atoms with van der Waals surface area (Å²) >= 11 is 0. The molecule has 0 bridgehead atoms. The molecule has 8 heteroatoms. The average Bonchev–Trinajstić information content (AvgIpc) is 2.53. The molecule has 1 aliphatic heterocycles. The van der Waals surface area contributed by atoms with Crippen molar-refractivity contribution in [2.45, 2.75) is 19.1 Å². The second-order valence-corrected chi connectivity index (χ2v) is 5.17. The lowest BCUT2D eigenvalue weighted by Crippen LogP contribution is -2.35. The number of H-pyrrole nitrogens is 1. The van der Waals surface area contributed by atoms with Crippen LogP contribution >= 0.6 is 0 Å². The zero-order valence-electron chi connectivity index (χ0n) is 11.8. The van der Waals surface area contributed by atoms with E-state index in [-0.39, 0.29) is 12.1 Å². The summed E-state index contributed by atoms with van der Waals surface area (Å²) < 4.78 is 39.1. The minimum Gasteiger partial charge on any atom is -0.365 e. The maximum Gasteiger partial charge on any atom is 0.417 e. The quantitative estimate of drug-likeness (QED) is 0.874. The monoisotopic (exact) mass is 320 g/mol. The molecule has 1 aliphatic rings. The fourth-order valence-corrected chi connectivity index (χ4v) is 2.65. The molecule has 2 aromatic rings. The first kappa shape index (κ1) is 15.1. The van der Waals surface area contributed by atoms with Crippen LogP contribution in [0.5, 0.6) is 0 Å². The van der Waals surface area contributed by atoms with E-state index in [1.807, 2.05) is 0 Å². The van der Waals surface area contributed by atoms with Gasteiger partial charge in [0.2, 0.25) is 0 Å². The molecule has 3 rings (SSSR count). The first-order valence-corrected chi connectivity index (χ1v) is 6.82. The zero-order chi connectivity index (χ0) is 16.6. The topological polar surface area (TPSA) is 72.8 Å². The highest BCUT2D eigenvalue weighted by Gasteiger charge is 2.34. The SMILES string of the molecule is N#Cc1ccc(N2CCc3c(nc[nH]c3=O)C2)cc1C(F)(F)F. The highest BCUT2D eigenvalue weighted by molar-refractivity contribution is 5.55. The molecule has 0 spiro atoms. The standard InChI is InChI=1S/C15H11F3N4O/c16-15(17,18)12-5-10(2-1-9(12)6-19)22-4-3-11-13(7-22)20-8-21-14(11)23/h1-2,5,8H,3-4,7H2,(H,20,21,23). The number of halogens is 3. The normalized spacial score (nSPS) is 14.3. The van der Waals surface area contributed by atoms with Crippen LogP contribution in [0.25, 0.3) is 0 Å². The third-order valence-corrected chi connectivity index (χ3v) is 3.80. The van der Waals surface area contributed by atoms with Gasteiger partial charge in [-0.1, -0.05) is 0 Å². The molecule has 2 heterocycles. The van der Waals surface area contributed by atoms with Crippen molar-refractivity contribution in [3.63, 3.8) is 0 Å². The number of anilines is 1. The van der Waals surface area contributed by atoms with Crippen molar-refractivity contribution in [2.75, 3.05) is 11.4 Å². The molecule has 0 amide bonds. The van der Waals surface area contributed by atoms with Crippen molar-refractivity contribution in [3.8, 4) is 6.07 Å². The summed E-state index contributed by atoms with van der Waals surface area (Å²) in [6, 6.07) is 5.17. The predicted octanol–water partition coefficient (Wildman–Crippen LogP) is 2.22. The van der Waals surface area contributed by atoms with E-state index in [1.54, 1.807) is 11.0 Å². The second kappa shape index (κ2) is 5.43. The summed E-state index contributed by atoms with van der Waals surface area (Å²) in [4.78, 5) is 20.0. The first-order chi connectivity index (χ1) is 10.9. The van der Waals surface area contributed by atoms with Gasteiger partial charge in [-0.25, -0.2) is 4.98 Å². The van der Waals surface area contributed by atoms with Gasteiger partial charge in [0.25, 0.3) is 5.56 Å². The van der Waals surface area contributed by atoms with Crippen LogP contribution in [-0.2, 0) is 19.1 Å². The van der Waals surface area contributed by atoms with Crippen molar-refractivity contribution in [2.24, 2.45) is 0 Å². The number of nitrogens with zero attached hydrogens (tertiary/aromatic N) is 3. The van der Waals surface area contributed by atoms with Crippen molar-refractivity contribution >= 4 is 5.69 Å². The highest BCUT2D eigenvalue weighted by atomic mass is 19.4. The lowest BCUT2D eigenvalue weighted by atomic mass is 10.0. The number of hydrogen-bond acceptors (Lipinski definition) is 4. The third-order valence-electron chi connectivity index (χ3n) is 3.80. The number of aromatic nitrogens is 2. The Kier molecular flexibility index (Phi) is 3.56. The van der Waals surface area contributed by atoms with Crippen LogP contribution in [0.4, 0.5) is 18.9 Å². The van der Waals surface area contributed by atoms with Gasteiger partial charge in [0, 0.05) is 17.8 Å². The Labute approximate surface area is 129 Å². The van der Waals surface area contributed by atoms with Gasteiger partial charge in [0.05, 0.1) is 35.8 Å². The van der Waals surface area contributed by atoms with Crippen LogP contribution in [0.15, 0.2) is 29.3 Å². The molecule has 0 saturated carbocycles. The van der Waals surface area contributed by atoms with Crippen LogP contribution in [-0.4, -0.2) is 16.5 Å². The Morgan fingerprint density at radius 1 is 1.35 bits per heavy atom. The van der Waals surface area contributed by atoms with Crippen molar-refractivity contribution in [1.82, 2.24) is 9.97 Å². The molecule has 118 valence electrons. The highest BCUT2D eigenvalue weighted by Crippen LogP contribution is 2.35. The Bertz CT molecular complexity index is 851. The van der Waals surface area contributed by atoms with Gasteiger partial charge in [0.15, 0.2) is 0 Å². The molecule has 0 unspecified atom stereocenters. The number of hydrogen-bond donors (Lipinski definition) is 1. The zero-order valence-corrected chi connectivity index (χ0v) is 11.8. The van der Waals surface area contributed by atoms with Crippen molar-refractivity contribution in [3.05, 3.63) is 57.3 Å². The Morgan fingerprint density at radius 3 is 2.83 bits per heavy atom. The second-order valence-electron chi connectivity index (χ2n) is 5.17. The predicted molar refractivity (Wildman–Crippen MR) is 75.8 cm³/mol. The lowest BCUT2D eigenvalue weighted by Gasteiger charge is -2.30. The third kappa shape index (κ3) is 2.77. The van der Waals surface area contributed by atoms with E-state index in [2.05, 4.69) is 9.97 Å². The molecule has 1 aromatic carbocycles. The van der Waals surface area contributed by atoms with E-state index in [0.29, 0.717) is 29.9 Å². The fraction of sp³-hybridized carbons (Fsp3) is 0.267. The van der Waals surface area contributed by atoms with E-state index >= 15 is 0 Å². The summed E-state index contributed by atoms with van der Waals surface area (Å²) in [6.45, 7) is 0.660. The van der Waals surface area contributed by atoms with Gasteiger partial charge in [-0.3, -0.25) is 4.79 Å². The summed E-state index contributed by atoms with van der Waals surface area (Å²) in [5.74, 6) is 0. The molecule has 0 saturated heterocycles. The van der Waals surface area contributed by atoms with E-state index in [4.69, 9.17) is 5.26 Å². The lowest BCUT2D eigenvalue weighted by molar-refractivity contribution is -0.137. The number of rotatable bonds is 1. The van der Waals surface area contributed by atoms with Crippen LogP contribution in [0.2, 0.25) is 0 Å². The van der Waals surface area contributed by atoms with Gasteiger partial charge in [-0.05, 0) is 24.6 Å². The Balaban J connectivity index is 1.98. The van der Waals surface area contributed by atoms with E-state index in [9.17, 15) is 18.0 Å². The van der Waals surface area contributed by atoms with Crippen molar-refractivity contribution in [1.29, 1.82) is 5.26 Å². The minimum absolute atomic E-state index is 0.217. The number of fused-ring (bicyclic) bond motifs is 1. The van der Waals surface area contributed by atoms with Gasteiger partial charge < -0.3 is 9.88 Å². The minimum atomic E-state index is -4.59. The van der Waals surface area contributed by atoms with Crippen LogP contribution in [0, 0.1) is 11.3 Å². The molecular weight excluding hydrogens is 309 g/mol. The number of nitrogens with one attached hydrogen (secondary N) is 1. The van der Waals surface area contributed by atoms with Gasteiger partial charge in [-0.2, -0.15) is 18.4 Å². The van der Waals surface area contributed by atoms with Crippen LogP contribution in [0.1, 0.15) is 22.4 Å². The number of aromatic amines is 1. The Hall–Kier alpha value is -2.82. The summed E-state index contributed by atoms with van der Waals surface area (Å²) in [5.41, 5.74) is -0.115. The first-order valence-electron chi connectivity index (χ1n) is 6.82.